The average Bonchev–Trinajstić information content (AvgIpc) is 2.09. The van der Waals surface area contributed by atoms with Gasteiger partial charge in [-0.05, 0) is 19.1 Å². The number of anilines is 1. The molecule has 1 amide bonds. The molecule has 1 aromatic rings. The van der Waals surface area contributed by atoms with Gasteiger partial charge < -0.3 is 5.32 Å². The minimum Gasteiger partial charge on any atom is -0.329 e. The Morgan fingerprint density at radius 3 is 2.67 bits per heavy atom. The smallest absolute Gasteiger partial charge is 0.211 e. The molecular weight excluding hydrogens is 152 g/mol. The first kappa shape index (κ1) is 10.6. The van der Waals surface area contributed by atoms with Crippen molar-refractivity contribution in [1.82, 2.24) is 4.98 Å². The third-order valence-corrected chi connectivity index (χ3v) is 1.12. The van der Waals surface area contributed by atoms with Gasteiger partial charge in [-0.25, -0.2) is 0 Å². The first-order chi connectivity index (χ1) is 5.83. The second kappa shape index (κ2) is 6.34. The van der Waals surface area contributed by atoms with Crippen molar-refractivity contribution in [1.29, 1.82) is 0 Å². The number of pyridine rings is 1. The lowest BCUT2D eigenvalue weighted by atomic mass is 10.3. The van der Waals surface area contributed by atoms with Gasteiger partial charge in [-0.15, -0.1) is 0 Å². The van der Waals surface area contributed by atoms with Crippen LogP contribution in [0.2, 0.25) is 0 Å². The molecule has 1 heterocycles. The van der Waals surface area contributed by atoms with E-state index in [1.54, 1.807) is 18.3 Å². The maximum absolute atomic E-state index is 9.95. The van der Waals surface area contributed by atoms with E-state index in [1.165, 1.54) is 0 Å². The molecule has 1 N–H and O–H groups in total. The monoisotopic (exact) mass is 166 g/mol. The molecule has 0 fully saturated rings. The van der Waals surface area contributed by atoms with Crippen LogP contribution < -0.4 is 5.32 Å². The number of nitrogens with zero attached hydrogens (tertiary/aromatic N) is 1. The highest BCUT2D eigenvalue weighted by Gasteiger charge is 1.88. The fourth-order valence-electron chi connectivity index (χ4n) is 0.703. The van der Waals surface area contributed by atoms with Crippen LogP contribution in [0.25, 0.3) is 0 Å². The van der Waals surface area contributed by atoms with Gasteiger partial charge in [0.1, 0.15) is 0 Å². The van der Waals surface area contributed by atoms with E-state index in [0.717, 1.165) is 11.4 Å². The van der Waals surface area contributed by atoms with Crippen molar-refractivity contribution in [2.24, 2.45) is 0 Å². The highest BCUT2D eigenvalue weighted by atomic mass is 16.1. The Bertz CT molecular complexity index is 236. The molecule has 3 nitrogen and oxygen atoms in total. The van der Waals surface area contributed by atoms with E-state index in [4.69, 9.17) is 0 Å². The van der Waals surface area contributed by atoms with Crippen LogP contribution in [0.5, 0.6) is 0 Å². The van der Waals surface area contributed by atoms with Crippen LogP contribution in [0.4, 0.5) is 5.69 Å². The first-order valence-electron chi connectivity index (χ1n) is 3.96. The molecule has 0 atom stereocenters. The molecule has 1 aromatic heterocycles. The van der Waals surface area contributed by atoms with Crippen molar-refractivity contribution in [3.63, 3.8) is 0 Å². The van der Waals surface area contributed by atoms with Crippen molar-refractivity contribution < 1.29 is 4.79 Å². The lowest BCUT2D eigenvalue weighted by Crippen LogP contribution is -1.93. The Morgan fingerprint density at radius 2 is 2.17 bits per heavy atom. The molecule has 0 aromatic carbocycles. The fourth-order valence-corrected chi connectivity index (χ4v) is 0.703. The van der Waals surface area contributed by atoms with Crippen LogP contribution >= 0.6 is 0 Å². The molecule has 0 aliphatic carbocycles. The Morgan fingerprint density at radius 1 is 1.50 bits per heavy atom. The second-order valence-corrected chi connectivity index (χ2v) is 1.95. The number of amides is 1. The highest BCUT2D eigenvalue weighted by Crippen LogP contribution is 2.04. The zero-order chi connectivity index (χ0) is 9.40. The summed E-state index contributed by atoms with van der Waals surface area (Å²) >= 11 is 0. The summed E-state index contributed by atoms with van der Waals surface area (Å²) in [6, 6.07) is 3.54. The molecule has 0 spiro atoms. The average molecular weight is 166 g/mol. The lowest BCUT2D eigenvalue weighted by molar-refractivity contribution is -0.105. The van der Waals surface area contributed by atoms with Crippen LogP contribution in [0.15, 0.2) is 18.3 Å². The van der Waals surface area contributed by atoms with Crippen molar-refractivity contribution in [2.45, 2.75) is 20.8 Å². The Hall–Kier alpha value is -1.38. The number of carbonyl (C=O) groups is 1. The van der Waals surface area contributed by atoms with E-state index < -0.39 is 0 Å². The number of nitrogens with one attached hydrogen (secondary N) is 1. The van der Waals surface area contributed by atoms with Crippen LogP contribution in [0.1, 0.15) is 19.5 Å². The molecule has 0 radical (unpaired) electrons. The van der Waals surface area contributed by atoms with E-state index in [1.807, 2.05) is 20.8 Å². The Labute approximate surface area is 72.8 Å². The van der Waals surface area contributed by atoms with Gasteiger partial charge in [0.2, 0.25) is 6.41 Å². The van der Waals surface area contributed by atoms with Crippen molar-refractivity contribution in [3.05, 3.63) is 24.0 Å². The van der Waals surface area contributed by atoms with Gasteiger partial charge in [-0.1, -0.05) is 13.8 Å². The van der Waals surface area contributed by atoms with Crippen LogP contribution in [0.3, 0.4) is 0 Å². The van der Waals surface area contributed by atoms with Gasteiger partial charge >= 0.3 is 0 Å². The first-order valence-corrected chi connectivity index (χ1v) is 3.96. The lowest BCUT2D eigenvalue weighted by Gasteiger charge is -1.96. The topological polar surface area (TPSA) is 42.0 Å². The third-order valence-electron chi connectivity index (χ3n) is 1.12. The number of aryl methyl sites for hydroxylation is 1. The van der Waals surface area contributed by atoms with E-state index >= 15 is 0 Å². The van der Waals surface area contributed by atoms with Crippen LogP contribution in [-0.4, -0.2) is 11.4 Å². The third kappa shape index (κ3) is 3.71. The van der Waals surface area contributed by atoms with Gasteiger partial charge in [-0.2, -0.15) is 0 Å². The summed E-state index contributed by atoms with van der Waals surface area (Å²) in [4.78, 5) is 13.9. The molecular formula is C9H14N2O. The summed E-state index contributed by atoms with van der Waals surface area (Å²) in [5.41, 5.74) is 1.68. The molecule has 12 heavy (non-hydrogen) atoms. The summed E-state index contributed by atoms with van der Waals surface area (Å²) in [5.74, 6) is 0. The van der Waals surface area contributed by atoms with Gasteiger partial charge in [0.15, 0.2) is 0 Å². The largest absolute Gasteiger partial charge is 0.329 e. The molecule has 1 rings (SSSR count). The normalized spacial score (nSPS) is 7.92. The quantitative estimate of drug-likeness (QED) is 0.682. The molecule has 0 aliphatic heterocycles. The predicted molar refractivity (Wildman–Crippen MR) is 50.0 cm³/mol. The van der Waals surface area contributed by atoms with Crippen LogP contribution in [0, 0.1) is 6.92 Å². The van der Waals surface area contributed by atoms with E-state index in [0.29, 0.717) is 6.41 Å². The fraction of sp³-hybridized carbons (Fsp3) is 0.333. The summed E-state index contributed by atoms with van der Waals surface area (Å²) in [6.07, 6.45) is 2.30. The molecule has 0 saturated heterocycles. The molecule has 0 saturated carbocycles. The molecule has 0 unspecified atom stereocenters. The number of carbonyl (C=O) groups excluding carboxylic acids is 1. The predicted octanol–water partition coefficient (Wildman–Crippen LogP) is 1.98. The Kier molecular flexibility index (Phi) is 5.61. The zero-order valence-corrected chi connectivity index (χ0v) is 7.66. The molecule has 3 heteroatoms. The van der Waals surface area contributed by atoms with Gasteiger partial charge in [0.05, 0.1) is 0 Å². The SMILES string of the molecule is CC.Cc1cc(NC=O)ccn1. The van der Waals surface area contributed by atoms with Crippen molar-refractivity contribution in [2.75, 3.05) is 5.32 Å². The molecule has 0 aliphatic rings. The summed E-state index contributed by atoms with van der Waals surface area (Å²) in [5, 5.41) is 2.53. The number of rotatable bonds is 2. The second-order valence-electron chi connectivity index (χ2n) is 1.95. The maximum atomic E-state index is 9.95. The minimum absolute atomic E-state index is 0.648. The highest BCUT2D eigenvalue weighted by molar-refractivity contribution is 5.70. The van der Waals surface area contributed by atoms with Gasteiger partial charge in [0.25, 0.3) is 0 Å². The summed E-state index contributed by atoms with van der Waals surface area (Å²) in [7, 11) is 0. The van der Waals surface area contributed by atoms with Gasteiger partial charge in [-0.3, -0.25) is 9.78 Å². The number of aromatic nitrogens is 1. The van der Waals surface area contributed by atoms with Crippen LogP contribution in [-0.2, 0) is 4.79 Å². The Balaban J connectivity index is 0.000000561. The van der Waals surface area contributed by atoms with E-state index in [-0.39, 0.29) is 0 Å². The molecule has 66 valence electrons. The van der Waals surface area contributed by atoms with E-state index in [9.17, 15) is 4.79 Å². The van der Waals surface area contributed by atoms with Crippen molar-refractivity contribution in [3.8, 4) is 0 Å². The minimum atomic E-state index is 0.648. The summed E-state index contributed by atoms with van der Waals surface area (Å²) < 4.78 is 0. The van der Waals surface area contributed by atoms with Gasteiger partial charge in [0, 0.05) is 17.6 Å². The molecule has 0 bridgehead atoms. The zero-order valence-electron chi connectivity index (χ0n) is 7.66. The number of hydrogen-bond donors (Lipinski definition) is 1. The number of hydrogen-bond acceptors (Lipinski definition) is 2. The maximum Gasteiger partial charge on any atom is 0.211 e. The van der Waals surface area contributed by atoms with Crippen molar-refractivity contribution >= 4 is 12.1 Å². The summed E-state index contributed by atoms with van der Waals surface area (Å²) in [6.45, 7) is 5.87. The standard InChI is InChI=1S/C7H8N2O.C2H6/c1-6-4-7(9-5-10)2-3-8-6;1-2/h2-5H,1H3,(H,8,9,10);1-2H3. The van der Waals surface area contributed by atoms with E-state index in [2.05, 4.69) is 10.3 Å².